The van der Waals surface area contributed by atoms with E-state index in [1.807, 2.05) is 6.92 Å². The highest BCUT2D eigenvalue weighted by Gasteiger charge is 2.50. The first-order valence-electron chi connectivity index (χ1n) is 6.95. The molecule has 2 heteroatoms. The summed E-state index contributed by atoms with van der Waals surface area (Å²) >= 11 is 0. The van der Waals surface area contributed by atoms with Crippen LogP contribution in [-0.4, -0.2) is 11.1 Å². The lowest BCUT2D eigenvalue weighted by molar-refractivity contribution is -0.131. The van der Waals surface area contributed by atoms with E-state index in [2.05, 4.69) is 0 Å². The molecule has 0 unspecified atom stereocenters. The zero-order valence-corrected chi connectivity index (χ0v) is 10.6. The molecule has 0 radical (unpaired) electrons. The van der Waals surface area contributed by atoms with Gasteiger partial charge >= 0.3 is 5.97 Å². The predicted molar refractivity (Wildman–Crippen MR) is 66.6 cm³/mol. The Morgan fingerprint density at radius 2 is 1.65 bits per heavy atom. The molecular formula is C15H22O2. The molecule has 0 spiro atoms. The molecular weight excluding hydrogens is 212 g/mol. The number of rotatable bonds is 3. The van der Waals surface area contributed by atoms with E-state index in [1.54, 1.807) is 0 Å². The van der Waals surface area contributed by atoms with Crippen molar-refractivity contribution in [3.8, 4) is 0 Å². The first-order chi connectivity index (χ1) is 8.05. The van der Waals surface area contributed by atoms with Crippen LogP contribution >= 0.6 is 0 Å². The second-order valence-electron chi connectivity index (χ2n) is 6.92. The van der Waals surface area contributed by atoms with Crippen LogP contribution in [-0.2, 0) is 4.79 Å². The summed E-state index contributed by atoms with van der Waals surface area (Å²) in [6.07, 6.45) is 10.9. The third-order valence-electron chi connectivity index (χ3n) is 5.19. The van der Waals surface area contributed by atoms with E-state index in [0.717, 1.165) is 29.7 Å². The van der Waals surface area contributed by atoms with Crippen molar-refractivity contribution < 1.29 is 9.90 Å². The van der Waals surface area contributed by atoms with Gasteiger partial charge in [-0.3, -0.25) is 0 Å². The van der Waals surface area contributed by atoms with Gasteiger partial charge in [-0.05, 0) is 75.0 Å². The summed E-state index contributed by atoms with van der Waals surface area (Å²) < 4.78 is 0. The van der Waals surface area contributed by atoms with Crippen molar-refractivity contribution in [1.82, 2.24) is 0 Å². The molecule has 0 aromatic rings. The van der Waals surface area contributed by atoms with Gasteiger partial charge in [-0.15, -0.1) is 0 Å². The summed E-state index contributed by atoms with van der Waals surface area (Å²) in [5, 5.41) is 8.82. The molecule has 4 fully saturated rings. The van der Waals surface area contributed by atoms with Crippen LogP contribution in [0.5, 0.6) is 0 Å². The average Bonchev–Trinajstić information content (AvgIpc) is 2.11. The van der Waals surface area contributed by atoms with Gasteiger partial charge in [0.1, 0.15) is 0 Å². The van der Waals surface area contributed by atoms with Crippen LogP contribution in [0, 0.1) is 23.2 Å². The maximum Gasteiger partial charge on any atom is 0.328 e. The fourth-order valence-corrected chi connectivity index (χ4v) is 5.36. The lowest BCUT2D eigenvalue weighted by Crippen LogP contribution is -2.46. The number of hydrogen-bond donors (Lipinski definition) is 1. The fourth-order valence-electron chi connectivity index (χ4n) is 5.36. The number of carboxylic acid groups (broad SMARTS) is 1. The molecule has 1 N–H and O–H groups in total. The van der Waals surface area contributed by atoms with Crippen molar-refractivity contribution in [1.29, 1.82) is 0 Å². The molecule has 0 heterocycles. The summed E-state index contributed by atoms with van der Waals surface area (Å²) in [4.78, 5) is 10.7. The maximum atomic E-state index is 10.7. The number of allylic oxidation sites excluding steroid dienone is 1. The Balaban J connectivity index is 1.76. The van der Waals surface area contributed by atoms with Gasteiger partial charge < -0.3 is 5.11 Å². The molecule has 17 heavy (non-hydrogen) atoms. The second-order valence-corrected chi connectivity index (χ2v) is 6.92. The van der Waals surface area contributed by atoms with E-state index in [1.165, 1.54) is 44.6 Å². The summed E-state index contributed by atoms with van der Waals surface area (Å²) in [7, 11) is 0. The molecule has 0 aromatic carbocycles. The predicted octanol–water partition coefficient (Wildman–Crippen LogP) is 3.62. The van der Waals surface area contributed by atoms with Crippen molar-refractivity contribution in [3.63, 3.8) is 0 Å². The Kier molecular flexibility index (Phi) is 2.57. The normalized spacial score (nSPS) is 44.1. The fraction of sp³-hybridized carbons (Fsp3) is 0.800. The third-order valence-corrected chi connectivity index (χ3v) is 5.19. The highest BCUT2D eigenvalue weighted by molar-refractivity contribution is 5.80. The summed E-state index contributed by atoms with van der Waals surface area (Å²) in [6, 6.07) is 0. The summed E-state index contributed by atoms with van der Waals surface area (Å²) in [6.45, 7) is 1.99. The van der Waals surface area contributed by atoms with Gasteiger partial charge in [-0.1, -0.05) is 5.57 Å². The largest absolute Gasteiger partial charge is 0.478 e. The number of carbonyl (C=O) groups is 1. The Morgan fingerprint density at radius 3 is 2.06 bits per heavy atom. The quantitative estimate of drug-likeness (QED) is 0.757. The van der Waals surface area contributed by atoms with E-state index in [0.29, 0.717) is 5.41 Å². The van der Waals surface area contributed by atoms with Gasteiger partial charge in [0.25, 0.3) is 0 Å². The molecule has 4 bridgehead atoms. The monoisotopic (exact) mass is 234 g/mol. The van der Waals surface area contributed by atoms with Gasteiger partial charge in [-0.25, -0.2) is 4.79 Å². The van der Waals surface area contributed by atoms with Crippen LogP contribution in [0.15, 0.2) is 11.6 Å². The first kappa shape index (κ1) is 11.3. The number of aliphatic carboxylic acids is 1. The molecule has 0 aliphatic heterocycles. The van der Waals surface area contributed by atoms with Crippen molar-refractivity contribution in [2.45, 2.75) is 51.9 Å². The highest BCUT2D eigenvalue weighted by atomic mass is 16.4. The molecule has 94 valence electrons. The minimum absolute atomic E-state index is 0.477. The molecule has 4 saturated carbocycles. The Bertz CT molecular complexity index is 332. The van der Waals surface area contributed by atoms with Crippen LogP contribution in [0.3, 0.4) is 0 Å². The number of hydrogen-bond acceptors (Lipinski definition) is 1. The molecule has 2 nitrogen and oxygen atoms in total. The molecule has 0 amide bonds. The SMILES string of the molecule is C/C(=C\C(=O)O)CC12CC3CC(CC(C3)C1)C2. The summed E-state index contributed by atoms with van der Waals surface area (Å²) in [5.74, 6) is 2.09. The molecule has 4 aliphatic rings. The first-order valence-corrected chi connectivity index (χ1v) is 6.95. The van der Waals surface area contributed by atoms with Crippen LogP contribution < -0.4 is 0 Å². The van der Waals surface area contributed by atoms with E-state index < -0.39 is 5.97 Å². The lowest BCUT2D eigenvalue weighted by Gasteiger charge is -2.57. The third kappa shape index (κ3) is 2.14. The molecule has 0 saturated heterocycles. The van der Waals surface area contributed by atoms with Gasteiger partial charge in [-0.2, -0.15) is 0 Å². The van der Waals surface area contributed by atoms with Crippen molar-refractivity contribution >= 4 is 5.97 Å². The molecule has 0 atom stereocenters. The Hall–Kier alpha value is -0.790. The van der Waals surface area contributed by atoms with E-state index in [-0.39, 0.29) is 0 Å². The Labute approximate surface area is 103 Å². The second kappa shape index (κ2) is 3.86. The minimum Gasteiger partial charge on any atom is -0.478 e. The van der Waals surface area contributed by atoms with Crippen LogP contribution in [0.1, 0.15) is 51.9 Å². The average molecular weight is 234 g/mol. The lowest BCUT2D eigenvalue weighted by atomic mass is 9.48. The Morgan fingerprint density at radius 1 is 1.18 bits per heavy atom. The minimum atomic E-state index is -0.785. The van der Waals surface area contributed by atoms with Crippen LogP contribution in [0.2, 0.25) is 0 Å². The van der Waals surface area contributed by atoms with Crippen LogP contribution in [0.4, 0.5) is 0 Å². The zero-order chi connectivity index (χ0) is 12.0. The molecule has 4 aliphatic carbocycles. The smallest absolute Gasteiger partial charge is 0.328 e. The highest BCUT2D eigenvalue weighted by Crippen LogP contribution is 2.61. The van der Waals surface area contributed by atoms with E-state index >= 15 is 0 Å². The van der Waals surface area contributed by atoms with E-state index in [9.17, 15) is 4.79 Å². The maximum absolute atomic E-state index is 10.7. The van der Waals surface area contributed by atoms with Crippen molar-refractivity contribution in [2.75, 3.05) is 0 Å². The van der Waals surface area contributed by atoms with Crippen LogP contribution in [0.25, 0.3) is 0 Å². The van der Waals surface area contributed by atoms with Gasteiger partial charge in [0.05, 0.1) is 0 Å². The standard InChI is InChI=1S/C15H22O2/c1-10(2-14(16)17)6-15-7-11-3-12(8-15)5-13(4-11)9-15/h2,11-13H,3-9H2,1H3,(H,16,17)/b10-2+. The van der Waals surface area contributed by atoms with Crippen molar-refractivity contribution in [2.24, 2.45) is 23.2 Å². The number of carboxylic acids is 1. The van der Waals surface area contributed by atoms with E-state index in [4.69, 9.17) is 5.11 Å². The van der Waals surface area contributed by atoms with Gasteiger partial charge in [0, 0.05) is 6.08 Å². The zero-order valence-electron chi connectivity index (χ0n) is 10.6. The molecule has 0 aromatic heterocycles. The van der Waals surface area contributed by atoms with Gasteiger partial charge in [0.15, 0.2) is 0 Å². The summed E-state index contributed by atoms with van der Waals surface area (Å²) in [5.41, 5.74) is 1.55. The topological polar surface area (TPSA) is 37.3 Å². The van der Waals surface area contributed by atoms with Gasteiger partial charge in [0.2, 0.25) is 0 Å². The molecule has 4 rings (SSSR count). The van der Waals surface area contributed by atoms with Crippen molar-refractivity contribution in [3.05, 3.63) is 11.6 Å².